The van der Waals surface area contributed by atoms with Gasteiger partial charge < -0.3 is 14.5 Å². The first-order valence-corrected chi connectivity index (χ1v) is 9.59. The average Bonchev–Trinajstić information content (AvgIpc) is 2.72. The Balaban J connectivity index is 1.33. The van der Waals surface area contributed by atoms with Gasteiger partial charge in [-0.1, -0.05) is 5.16 Å². The van der Waals surface area contributed by atoms with Gasteiger partial charge in [-0.2, -0.15) is 5.10 Å². The van der Waals surface area contributed by atoms with Crippen molar-refractivity contribution in [2.45, 2.75) is 32.6 Å². The van der Waals surface area contributed by atoms with Crippen LogP contribution >= 0.6 is 0 Å². The minimum absolute atomic E-state index is 0.759. The summed E-state index contributed by atoms with van der Waals surface area (Å²) < 4.78 is 5.85. The van der Waals surface area contributed by atoms with E-state index in [1.54, 1.807) is 6.21 Å². The molecule has 1 fully saturated rings. The minimum Gasteiger partial charge on any atom is -0.494 e. The van der Waals surface area contributed by atoms with Gasteiger partial charge in [-0.3, -0.25) is 0 Å². The number of aryl methyl sites for hydroxylation is 1. The van der Waals surface area contributed by atoms with Crippen LogP contribution in [0.3, 0.4) is 0 Å². The maximum absolute atomic E-state index is 5.85. The van der Waals surface area contributed by atoms with Crippen LogP contribution in [-0.2, 0) is 4.84 Å². The summed E-state index contributed by atoms with van der Waals surface area (Å²) in [7, 11) is 1.54. The Hall–Kier alpha value is -2.63. The Morgan fingerprint density at radius 1 is 1.11 bits per heavy atom. The largest absolute Gasteiger partial charge is 0.494 e. The molecule has 0 unspecified atom stereocenters. The molecule has 0 radical (unpaired) electrons. The second-order valence-corrected chi connectivity index (χ2v) is 6.94. The van der Waals surface area contributed by atoms with Crippen molar-refractivity contribution >= 4 is 12.0 Å². The Morgan fingerprint density at radius 2 is 1.89 bits per heavy atom. The highest BCUT2D eigenvalue weighted by atomic mass is 16.6. The Labute approximate surface area is 161 Å². The van der Waals surface area contributed by atoms with E-state index in [0.717, 1.165) is 54.9 Å². The molecule has 0 N–H and O–H groups in total. The van der Waals surface area contributed by atoms with E-state index >= 15 is 0 Å². The molecule has 1 aliphatic heterocycles. The Morgan fingerprint density at radius 3 is 2.56 bits per heavy atom. The lowest BCUT2D eigenvalue weighted by Crippen LogP contribution is -2.34. The molecule has 6 nitrogen and oxygen atoms in total. The molecule has 0 atom stereocenters. The smallest absolute Gasteiger partial charge is 0.151 e. The summed E-state index contributed by atoms with van der Waals surface area (Å²) in [5.74, 6) is 2.68. The van der Waals surface area contributed by atoms with Gasteiger partial charge in [0.15, 0.2) is 5.82 Å². The molecular weight excluding hydrogens is 340 g/mol. The molecule has 2 heterocycles. The zero-order valence-corrected chi connectivity index (χ0v) is 16.2. The number of oxime groups is 1. The van der Waals surface area contributed by atoms with Gasteiger partial charge in [0.2, 0.25) is 0 Å². The maximum Gasteiger partial charge on any atom is 0.151 e. The third-order valence-corrected chi connectivity index (χ3v) is 4.94. The lowest BCUT2D eigenvalue weighted by molar-refractivity contribution is 0.215. The van der Waals surface area contributed by atoms with Gasteiger partial charge in [0.1, 0.15) is 12.9 Å². The van der Waals surface area contributed by atoms with E-state index in [-0.39, 0.29) is 0 Å². The molecule has 0 saturated carbocycles. The van der Waals surface area contributed by atoms with Crippen molar-refractivity contribution in [1.82, 2.24) is 10.2 Å². The van der Waals surface area contributed by atoms with Crippen LogP contribution in [0, 0.1) is 12.8 Å². The summed E-state index contributed by atoms with van der Waals surface area (Å²) in [5, 5.41) is 12.2. The molecule has 1 aromatic carbocycles. The average molecular weight is 368 g/mol. The molecular formula is C21H28N4O2. The molecule has 2 aromatic rings. The first kappa shape index (κ1) is 19.1. The van der Waals surface area contributed by atoms with Gasteiger partial charge >= 0.3 is 0 Å². The van der Waals surface area contributed by atoms with Gasteiger partial charge in [0, 0.05) is 13.1 Å². The fourth-order valence-electron chi connectivity index (χ4n) is 3.34. The van der Waals surface area contributed by atoms with Crippen LogP contribution in [-0.4, -0.2) is 43.2 Å². The van der Waals surface area contributed by atoms with Crippen molar-refractivity contribution in [3.05, 3.63) is 47.7 Å². The van der Waals surface area contributed by atoms with Crippen LogP contribution in [0.1, 0.15) is 36.9 Å². The SMILES string of the molecule is CO/N=C/c1ccc(OCCCC2CCN(c3ccc(C)nn3)CC2)cc1. The van der Waals surface area contributed by atoms with Gasteiger partial charge in [-0.25, -0.2) is 0 Å². The van der Waals surface area contributed by atoms with Gasteiger partial charge in [-0.15, -0.1) is 5.10 Å². The van der Waals surface area contributed by atoms with Crippen molar-refractivity contribution in [1.29, 1.82) is 0 Å². The number of benzene rings is 1. The van der Waals surface area contributed by atoms with E-state index in [2.05, 4.69) is 31.2 Å². The van der Waals surface area contributed by atoms with Crippen LogP contribution < -0.4 is 9.64 Å². The molecule has 144 valence electrons. The molecule has 6 heteroatoms. The highest BCUT2D eigenvalue weighted by Gasteiger charge is 2.20. The standard InChI is InChI=1S/C21H28N4O2/c1-17-5-10-21(24-23-17)25-13-11-18(12-14-25)4-3-15-27-20-8-6-19(7-9-20)16-22-26-2/h5-10,16,18H,3-4,11-15H2,1-2H3/b22-16+. The summed E-state index contributed by atoms with van der Waals surface area (Å²) in [6, 6.07) is 12.0. The zero-order chi connectivity index (χ0) is 18.9. The van der Waals surface area contributed by atoms with Crippen LogP contribution in [0.4, 0.5) is 5.82 Å². The van der Waals surface area contributed by atoms with Crippen molar-refractivity contribution in [3.63, 3.8) is 0 Å². The molecule has 27 heavy (non-hydrogen) atoms. The van der Waals surface area contributed by atoms with Crippen LogP contribution in [0.15, 0.2) is 41.6 Å². The summed E-state index contributed by atoms with van der Waals surface area (Å²) in [6.07, 6.45) is 6.40. The molecule has 0 amide bonds. The summed E-state index contributed by atoms with van der Waals surface area (Å²) >= 11 is 0. The van der Waals surface area contributed by atoms with Gasteiger partial charge in [0.05, 0.1) is 18.5 Å². The van der Waals surface area contributed by atoms with Crippen LogP contribution in [0.5, 0.6) is 5.75 Å². The van der Waals surface area contributed by atoms with Crippen molar-refractivity contribution in [3.8, 4) is 5.75 Å². The van der Waals surface area contributed by atoms with Crippen molar-refractivity contribution < 1.29 is 9.57 Å². The minimum atomic E-state index is 0.759. The number of hydrogen-bond donors (Lipinski definition) is 0. The number of piperidine rings is 1. The van der Waals surface area contributed by atoms with E-state index in [4.69, 9.17) is 4.74 Å². The number of aromatic nitrogens is 2. The van der Waals surface area contributed by atoms with Crippen LogP contribution in [0.2, 0.25) is 0 Å². The predicted molar refractivity (Wildman–Crippen MR) is 107 cm³/mol. The molecule has 1 aliphatic rings. The van der Waals surface area contributed by atoms with E-state index < -0.39 is 0 Å². The van der Waals surface area contributed by atoms with Gasteiger partial charge in [-0.05, 0) is 80.5 Å². The summed E-state index contributed by atoms with van der Waals surface area (Å²) in [5.41, 5.74) is 1.96. The number of rotatable bonds is 8. The van der Waals surface area contributed by atoms with E-state index in [1.807, 2.05) is 37.3 Å². The quantitative estimate of drug-likeness (QED) is 0.402. The molecule has 0 spiro atoms. The second kappa shape index (κ2) is 9.90. The number of hydrogen-bond acceptors (Lipinski definition) is 6. The van der Waals surface area contributed by atoms with E-state index in [1.165, 1.54) is 26.4 Å². The number of anilines is 1. The zero-order valence-electron chi connectivity index (χ0n) is 16.2. The van der Waals surface area contributed by atoms with Crippen LogP contribution in [0.25, 0.3) is 0 Å². The topological polar surface area (TPSA) is 59.8 Å². The predicted octanol–water partition coefficient (Wildman–Crippen LogP) is 3.84. The third kappa shape index (κ3) is 5.94. The Bertz CT molecular complexity index is 708. The normalized spacial score (nSPS) is 15.3. The Kier molecular flexibility index (Phi) is 7.02. The summed E-state index contributed by atoms with van der Waals surface area (Å²) in [6.45, 7) is 4.85. The lowest BCUT2D eigenvalue weighted by Gasteiger charge is -2.32. The van der Waals surface area contributed by atoms with E-state index in [9.17, 15) is 0 Å². The molecule has 0 aliphatic carbocycles. The fourth-order valence-corrected chi connectivity index (χ4v) is 3.34. The number of ether oxygens (including phenoxy) is 1. The van der Waals surface area contributed by atoms with Crippen molar-refractivity contribution in [2.75, 3.05) is 31.7 Å². The molecule has 3 rings (SSSR count). The fraction of sp³-hybridized carbons (Fsp3) is 0.476. The first-order valence-electron chi connectivity index (χ1n) is 9.59. The highest BCUT2D eigenvalue weighted by Crippen LogP contribution is 2.25. The number of nitrogens with zero attached hydrogens (tertiary/aromatic N) is 4. The molecule has 1 saturated heterocycles. The monoisotopic (exact) mass is 368 g/mol. The first-order chi connectivity index (χ1) is 13.2. The van der Waals surface area contributed by atoms with Gasteiger partial charge in [0.25, 0.3) is 0 Å². The highest BCUT2D eigenvalue weighted by molar-refractivity contribution is 5.79. The summed E-state index contributed by atoms with van der Waals surface area (Å²) in [4.78, 5) is 7.02. The second-order valence-electron chi connectivity index (χ2n) is 6.94. The van der Waals surface area contributed by atoms with E-state index in [0.29, 0.717) is 0 Å². The molecule has 1 aromatic heterocycles. The third-order valence-electron chi connectivity index (χ3n) is 4.94. The van der Waals surface area contributed by atoms with Crippen molar-refractivity contribution in [2.24, 2.45) is 11.1 Å². The lowest BCUT2D eigenvalue weighted by atomic mass is 9.92. The molecule has 0 bridgehead atoms. The maximum atomic E-state index is 5.85.